The Morgan fingerprint density at radius 1 is 0.902 bits per heavy atom. The number of esters is 4. The average molecular weight is 850 g/mol. The van der Waals surface area contributed by atoms with Crippen LogP contribution >= 0.6 is 0 Å². The fourth-order valence-corrected chi connectivity index (χ4v) is 9.80. The number of aliphatic hydroxyl groups is 3. The van der Waals surface area contributed by atoms with Crippen molar-refractivity contribution in [3.63, 3.8) is 0 Å². The molecule has 61 heavy (non-hydrogen) atoms. The van der Waals surface area contributed by atoms with Gasteiger partial charge in [0.2, 0.25) is 0 Å². The number of carbonyl (C=O) groups excluding carboxylic acids is 6. The highest BCUT2D eigenvalue weighted by Crippen LogP contribution is 2.64. The van der Waals surface area contributed by atoms with Crippen LogP contribution in [0.2, 0.25) is 0 Å². The monoisotopic (exact) mass is 849 g/mol. The maximum absolute atomic E-state index is 15.5. The number of fused-ring (bicyclic) bond motifs is 5. The molecule has 16 heteroatoms. The van der Waals surface area contributed by atoms with Gasteiger partial charge in [0, 0.05) is 32.1 Å². The van der Waals surface area contributed by atoms with Gasteiger partial charge in [0.1, 0.15) is 29.5 Å². The topological polar surface area (TPSA) is 231 Å². The third-order valence-corrected chi connectivity index (χ3v) is 12.8. The Labute approximate surface area is 353 Å². The van der Waals surface area contributed by atoms with Gasteiger partial charge in [0.15, 0.2) is 23.6 Å². The van der Waals surface area contributed by atoms with Crippen LogP contribution in [-0.4, -0.2) is 111 Å². The second-order valence-corrected chi connectivity index (χ2v) is 18.2. The second kappa shape index (κ2) is 16.3. The van der Waals surface area contributed by atoms with Gasteiger partial charge in [-0.1, -0.05) is 62.4 Å². The molecule has 1 aliphatic heterocycles. The number of aliphatic hydroxyl groups excluding tert-OH is 2. The van der Waals surface area contributed by atoms with Gasteiger partial charge >= 0.3 is 30.0 Å². The van der Waals surface area contributed by atoms with Gasteiger partial charge in [-0.3, -0.25) is 14.4 Å². The van der Waals surface area contributed by atoms with E-state index in [0.717, 1.165) is 13.8 Å². The molecule has 0 radical (unpaired) electrons. The lowest BCUT2D eigenvalue weighted by molar-refractivity contribution is -0.346. The molecule has 1 heterocycles. The average Bonchev–Trinajstić information content (AvgIpc) is 3.17. The largest absolute Gasteiger partial charge is 0.456 e. The predicted molar refractivity (Wildman–Crippen MR) is 213 cm³/mol. The summed E-state index contributed by atoms with van der Waals surface area (Å²) in [5.41, 5.74) is -8.30. The summed E-state index contributed by atoms with van der Waals surface area (Å²) in [6.07, 6.45) is -11.5. The van der Waals surface area contributed by atoms with Crippen LogP contribution in [0.5, 0.6) is 0 Å². The molecule has 6 rings (SSSR count). The van der Waals surface area contributed by atoms with E-state index in [9.17, 15) is 39.3 Å². The van der Waals surface area contributed by atoms with Crippen LogP contribution in [0, 0.1) is 16.7 Å². The summed E-state index contributed by atoms with van der Waals surface area (Å²) in [5, 5.41) is 39.9. The number of alkyl carbamates (subject to hydrolysis) is 1. The number of hydrogen-bond acceptors (Lipinski definition) is 15. The number of Topliss-reactive ketones (excluding diaryl/α,β-unsaturated/α-hetero) is 1. The lowest BCUT2D eigenvalue weighted by Crippen LogP contribution is -2.82. The number of ether oxygens (including phenoxy) is 6. The number of benzene rings is 2. The van der Waals surface area contributed by atoms with Crippen LogP contribution in [0.15, 0.2) is 71.8 Å². The Bertz CT molecular complexity index is 2100. The lowest BCUT2D eigenvalue weighted by Gasteiger charge is -2.67. The Morgan fingerprint density at radius 3 is 2.05 bits per heavy atom. The molecule has 1 saturated heterocycles. The van der Waals surface area contributed by atoms with Crippen LogP contribution in [0.1, 0.15) is 97.1 Å². The van der Waals surface area contributed by atoms with Crippen LogP contribution in [0.25, 0.3) is 0 Å². The maximum atomic E-state index is 15.5. The Kier molecular flexibility index (Phi) is 12.1. The van der Waals surface area contributed by atoms with Gasteiger partial charge in [0.25, 0.3) is 0 Å². The molecule has 3 fully saturated rings. The zero-order chi connectivity index (χ0) is 45.0. The van der Waals surface area contributed by atoms with Crippen molar-refractivity contribution in [1.29, 1.82) is 0 Å². The first-order valence-electron chi connectivity index (χ1n) is 20.2. The normalized spacial score (nSPS) is 32.5. The van der Waals surface area contributed by atoms with E-state index in [1.165, 1.54) is 26.0 Å². The molecular formula is C45H55NO15. The molecule has 0 spiro atoms. The van der Waals surface area contributed by atoms with Gasteiger partial charge in [-0.25, -0.2) is 14.4 Å². The van der Waals surface area contributed by atoms with Crippen molar-refractivity contribution in [2.24, 2.45) is 16.7 Å². The molecule has 4 aliphatic rings. The molecule has 2 saturated carbocycles. The van der Waals surface area contributed by atoms with E-state index in [1.54, 1.807) is 83.1 Å². The van der Waals surface area contributed by atoms with E-state index in [4.69, 9.17) is 28.4 Å². The van der Waals surface area contributed by atoms with E-state index < -0.39 is 118 Å². The molecule has 11 atom stereocenters. The molecule has 4 N–H and O–H groups in total. The van der Waals surface area contributed by atoms with Gasteiger partial charge in [-0.15, -0.1) is 0 Å². The summed E-state index contributed by atoms with van der Waals surface area (Å²) in [4.78, 5) is 82.9. The molecule has 0 aromatic heterocycles. The molecule has 2 aromatic rings. The Morgan fingerprint density at radius 2 is 1.51 bits per heavy atom. The predicted octanol–water partition coefficient (Wildman–Crippen LogP) is 3.83. The summed E-state index contributed by atoms with van der Waals surface area (Å²) in [7, 11) is 0. The van der Waals surface area contributed by atoms with E-state index >= 15 is 4.79 Å². The maximum Gasteiger partial charge on any atom is 0.408 e. The summed E-state index contributed by atoms with van der Waals surface area (Å²) < 4.78 is 35.6. The van der Waals surface area contributed by atoms with Crippen LogP contribution < -0.4 is 5.32 Å². The van der Waals surface area contributed by atoms with Gasteiger partial charge in [0.05, 0.1) is 35.6 Å². The second-order valence-electron chi connectivity index (χ2n) is 18.2. The molecular weight excluding hydrogens is 794 g/mol. The number of nitrogens with one attached hydrogen (secondary N) is 1. The van der Waals surface area contributed by atoms with Crippen LogP contribution in [0.3, 0.4) is 0 Å². The van der Waals surface area contributed by atoms with Crippen molar-refractivity contribution in [3.8, 4) is 0 Å². The molecule has 16 nitrogen and oxygen atoms in total. The minimum absolute atomic E-state index is 0.0126. The third-order valence-electron chi connectivity index (χ3n) is 12.8. The summed E-state index contributed by atoms with van der Waals surface area (Å²) in [5.74, 6) is -6.30. The fraction of sp³-hybridized carbons (Fsp3) is 0.556. The lowest BCUT2D eigenvalue weighted by atomic mass is 9.44. The number of rotatable bonds is 9. The van der Waals surface area contributed by atoms with Crippen molar-refractivity contribution in [3.05, 3.63) is 82.9 Å². The van der Waals surface area contributed by atoms with E-state index in [-0.39, 0.29) is 29.7 Å². The number of amides is 1. The smallest absolute Gasteiger partial charge is 0.408 e. The molecule has 2 bridgehead atoms. The van der Waals surface area contributed by atoms with Crippen molar-refractivity contribution < 1.29 is 72.5 Å². The first-order chi connectivity index (χ1) is 28.4. The zero-order valence-corrected chi connectivity index (χ0v) is 35.8. The molecule has 1 amide bonds. The van der Waals surface area contributed by atoms with Crippen molar-refractivity contribution in [2.45, 2.75) is 135 Å². The van der Waals surface area contributed by atoms with Gasteiger partial charge in [-0.05, 0) is 63.5 Å². The van der Waals surface area contributed by atoms with Crippen LogP contribution in [0.4, 0.5) is 4.79 Å². The highest BCUT2D eigenvalue weighted by molar-refractivity contribution is 5.95. The van der Waals surface area contributed by atoms with Crippen molar-refractivity contribution in [1.82, 2.24) is 5.32 Å². The molecule has 8 unspecified atom stereocenters. The first-order valence-corrected chi connectivity index (χ1v) is 20.2. The van der Waals surface area contributed by atoms with E-state index in [0.29, 0.717) is 5.56 Å². The Balaban J connectivity index is 1.54. The third kappa shape index (κ3) is 7.94. The number of ketones is 1. The molecule has 330 valence electrons. The SMILES string of the molecule is CC(=O)OC1C(=O)[C@]2(C)C(O)CC3OC[C@@]3(OC(C)=O)C2C(OC(=O)c2ccccc2)[C@]2(O)CC(OC(=O)C(O)C(NC(=O)OC(C)(C)C)c3ccccc3)C(C)=C1C2(C)C. The minimum atomic E-state index is -2.40. The molecule has 2 aromatic carbocycles. The Hall–Kier alpha value is -5.16. The van der Waals surface area contributed by atoms with Crippen molar-refractivity contribution in [2.75, 3.05) is 6.61 Å². The van der Waals surface area contributed by atoms with E-state index in [1.807, 2.05) is 0 Å². The van der Waals surface area contributed by atoms with E-state index in [2.05, 4.69) is 5.32 Å². The first kappa shape index (κ1) is 45.4. The fourth-order valence-electron chi connectivity index (χ4n) is 9.80. The standard InChI is InChI=1S/C45H55NO15/c1-23-28(58-39(53)33(50)32(26-16-12-10-13-17-26)46-40(54)61-41(4,5)6)21-45(55)37(59-38(52)27-18-14-11-15-19-27)35-43(9,29(49)20-30-44(35,22-56-30)60-25(3)48)36(51)34(57-24(2)47)31(23)42(45,7)8/h10-19,28-30,32-35,37,49-50,55H,20-22H2,1-9H3,(H,46,54)/t28?,29?,30?,32?,33?,34?,35?,37?,43-,44+,45-/m1/s1. The zero-order valence-electron chi connectivity index (χ0n) is 35.8. The highest BCUT2D eigenvalue weighted by atomic mass is 16.6. The summed E-state index contributed by atoms with van der Waals surface area (Å²) in [6.45, 7) is 12.9. The summed E-state index contributed by atoms with van der Waals surface area (Å²) >= 11 is 0. The van der Waals surface area contributed by atoms with Crippen molar-refractivity contribution >= 4 is 35.8 Å². The quantitative estimate of drug-likeness (QED) is 0.160. The van der Waals surface area contributed by atoms with Gasteiger partial charge < -0.3 is 49.1 Å². The summed E-state index contributed by atoms with van der Waals surface area (Å²) in [6, 6.07) is 14.5. The van der Waals surface area contributed by atoms with Gasteiger partial charge in [-0.2, -0.15) is 0 Å². The minimum Gasteiger partial charge on any atom is -0.456 e. The van der Waals surface area contributed by atoms with Crippen LogP contribution in [-0.2, 0) is 47.6 Å². The number of carbonyl (C=O) groups is 6. The molecule has 3 aliphatic carbocycles. The highest BCUT2D eigenvalue weighted by Gasteiger charge is 2.78. The number of hydrogen-bond donors (Lipinski definition) is 4.